The van der Waals surface area contributed by atoms with E-state index in [1.807, 2.05) is 0 Å². The van der Waals surface area contributed by atoms with Gasteiger partial charge >= 0.3 is 11.9 Å². The third kappa shape index (κ3) is 8.93. The third-order valence-corrected chi connectivity index (χ3v) is 2.72. The first-order valence-electron chi connectivity index (χ1n) is 5.53. The molecule has 0 aromatic heterocycles. The van der Waals surface area contributed by atoms with Crippen LogP contribution in [0.5, 0.6) is 0 Å². The van der Waals surface area contributed by atoms with E-state index in [1.165, 1.54) is 0 Å². The molecule has 8 N–H and O–H groups in total. The number of aliphatic carboxylic acids is 2. The van der Waals surface area contributed by atoms with Crippen molar-refractivity contribution in [2.45, 2.75) is 37.8 Å². The minimum atomic E-state index is -0.720. The summed E-state index contributed by atoms with van der Waals surface area (Å²) in [5, 5.41) is 22.4. The van der Waals surface area contributed by atoms with E-state index in [4.69, 9.17) is 10.2 Å². The van der Waals surface area contributed by atoms with Crippen molar-refractivity contribution >= 4 is 11.9 Å². The molecule has 0 aliphatic carbocycles. The monoisotopic (exact) mass is 329 g/mol. The molecule has 119 valence electrons. The summed E-state index contributed by atoms with van der Waals surface area (Å²) >= 11 is 0. The molecule has 2 saturated heterocycles. The fourth-order valence-electron chi connectivity index (χ4n) is 1.79. The van der Waals surface area contributed by atoms with Gasteiger partial charge in [-0.15, -0.1) is 0 Å². The number of carboxylic acid groups (broad SMARTS) is 2. The van der Waals surface area contributed by atoms with Gasteiger partial charge in [-0.2, -0.15) is 0 Å². The average molecular weight is 330 g/mol. The van der Waals surface area contributed by atoms with Crippen LogP contribution in [0.1, 0.15) is 25.7 Å². The molecule has 0 aromatic carbocycles. The Morgan fingerprint density at radius 2 is 1.16 bits per heavy atom. The first kappa shape index (κ1) is 23.4. The minimum absolute atomic E-state index is 0. The van der Waals surface area contributed by atoms with Gasteiger partial charge in [0.05, 0.1) is 0 Å². The van der Waals surface area contributed by atoms with Crippen LogP contribution in [0.3, 0.4) is 0 Å². The zero-order valence-electron chi connectivity index (χ0n) is 10.4. The van der Waals surface area contributed by atoms with Gasteiger partial charge in [0.15, 0.2) is 0 Å². The van der Waals surface area contributed by atoms with Crippen LogP contribution < -0.4 is 10.6 Å². The first-order valence-corrected chi connectivity index (χ1v) is 5.53. The van der Waals surface area contributed by atoms with Crippen molar-refractivity contribution in [1.82, 2.24) is 10.6 Å². The second-order valence-corrected chi connectivity index (χ2v) is 3.97. The Morgan fingerprint density at radius 3 is 1.26 bits per heavy atom. The van der Waals surface area contributed by atoms with Crippen molar-refractivity contribution in [3.63, 3.8) is 0 Å². The Balaban J connectivity index is -0.000000233. The molecule has 0 spiro atoms. The Morgan fingerprint density at radius 1 is 0.842 bits per heavy atom. The van der Waals surface area contributed by atoms with Crippen LogP contribution >= 0.6 is 0 Å². The van der Waals surface area contributed by atoms with Crippen LogP contribution in [0.25, 0.3) is 0 Å². The van der Waals surface area contributed by atoms with Gasteiger partial charge in [-0.25, -0.2) is 0 Å². The second kappa shape index (κ2) is 12.3. The summed E-state index contributed by atoms with van der Waals surface area (Å²) in [4.78, 5) is 20.3. The van der Waals surface area contributed by atoms with Gasteiger partial charge in [0.25, 0.3) is 0 Å². The summed E-state index contributed by atoms with van der Waals surface area (Å²) in [7, 11) is 0. The molecule has 2 heterocycles. The predicted octanol–water partition coefficient (Wildman–Crippen LogP) is -2.01. The van der Waals surface area contributed by atoms with E-state index in [-0.39, 0.29) is 40.1 Å². The van der Waals surface area contributed by atoms with Crippen LogP contribution in [-0.4, -0.2) is 58.3 Å². The molecule has 2 rings (SSSR count). The smallest absolute Gasteiger partial charge is 0.320 e. The van der Waals surface area contributed by atoms with Crippen LogP contribution in [0.4, 0.5) is 0 Å². The maximum Gasteiger partial charge on any atom is 0.320 e. The van der Waals surface area contributed by atoms with E-state index >= 15 is 0 Å². The average Bonchev–Trinajstić information content (AvgIpc) is 2.93. The van der Waals surface area contributed by atoms with E-state index in [0.717, 1.165) is 38.8 Å². The number of carboxylic acids is 2. The van der Waals surface area contributed by atoms with E-state index in [9.17, 15) is 9.59 Å². The Kier molecular flexibility index (Phi) is 15.2. The van der Waals surface area contributed by atoms with Crippen LogP contribution in [-0.2, 0) is 26.7 Å². The third-order valence-electron chi connectivity index (χ3n) is 2.72. The molecule has 9 heteroatoms. The molecule has 8 nitrogen and oxygen atoms in total. The van der Waals surface area contributed by atoms with E-state index in [2.05, 4.69) is 10.6 Å². The fraction of sp³-hybridized carbons (Fsp3) is 0.800. The molecule has 0 saturated carbocycles. The van der Waals surface area contributed by atoms with Gasteiger partial charge in [0.2, 0.25) is 0 Å². The normalized spacial score (nSPS) is 23.8. The van der Waals surface area contributed by atoms with Crippen LogP contribution in [0.15, 0.2) is 0 Å². The molecule has 1 radical (unpaired) electrons. The van der Waals surface area contributed by atoms with Crippen molar-refractivity contribution in [2.24, 2.45) is 0 Å². The minimum Gasteiger partial charge on any atom is -0.480 e. The van der Waals surface area contributed by atoms with Gasteiger partial charge in [0.1, 0.15) is 12.1 Å². The summed E-state index contributed by atoms with van der Waals surface area (Å²) in [6, 6.07) is -0.537. The molecular formula is C10H22CuN2O6. The van der Waals surface area contributed by atoms with E-state index < -0.39 is 11.9 Å². The zero-order chi connectivity index (χ0) is 12.0. The number of hydrogen-bond acceptors (Lipinski definition) is 4. The quantitative estimate of drug-likeness (QED) is 0.428. The van der Waals surface area contributed by atoms with Crippen LogP contribution in [0, 0.1) is 0 Å². The largest absolute Gasteiger partial charge is 0.480 e. The summed E-state index contributed by atoms with van der Waals surface area (Å²) in [6.45, 7) is 1.72. The molecule has 19 heavy (non-hydrogen) atoms. The van der Waals surface area contributed by atoms with E-state index in [1.54, 1.807) is 0 Å². The Bertz CT molecular complexity index is 228. The number of rotatable bonds is 2. The zero-order valence-corrected chi connectivity index (χ0v) is 11.4. The topological polar surface area (TPSA) is 162 Å². The van der Waals surface area contributed by atoms with Crippen LogP contribution in [0.2, 0.25) is 0 Å². The first-order chi connectivity index (χ1) is 7.61. The second-order valence-electron chi connectivity index (χ2n) is 3.97. The fourth-order valence-corrected chi connectivity index (χ4v) is 1.79. The summed E-state index contributed by atoms with van der Waals surface area (Å²) in [5.41, 5.74) is 0. The van der Waals surface area contributed by atoms with Gasteiger partial charge in [0, 0.05) is 17.1 Å². The van der Waals surface area contributed by atoms with Gasteiger partial charge in [-0.05, 0) is 38.8 Å². The number of hydrogen-bond donors (Lipinski definition) is 4. The molecule has 0 unspecified atom stereocenters. The molecule has 0 bridgehead atoms. The molecule has 0 amide bonds. The number of nitrogens with one attached hydrogen (secondary N) is 2. The molecular weight excluding hydrogens is 308 g/mol. The molecule has 2 atom stereocenters. The molecule has 2 aliphatic rings. The van der Waals surface area contributed by atoms with Crippen molar-refractivity contribution in [3.8, 4) is 0 Å². The maximum absolute atomic E-state index is 10.1. The van der Waals surface area contributed by atoms with E-state index in [0.29, 0.717) is 0 Å². The summed E-state index contributed by atoms with van der Waals surface area (Å²) < 4.78 is 0. The summed E-state index contributed by atoms with van der Waals surface area (Å²) in [6.07, 6.45) is 3.57. The Hall–Kier alpha value is -0.701. The van der Waals surface area contributed by atoms with Crippen molar-refractivity contribution in [2.75, 3.05) is 13.1 Å². The number of carbonyl (C=O) groups is 2. The maximum atomic E-state index is 10.1. The molecule has 2 fully saturated rings. The molecule has 2 aliphatic heterocycles. The van der Waals surface area contributed by atoms with Crippen molar-refractivity contribution in [1.29, 1.82) is 0 Å². The summed E-state index contributed by atoms with van der Waals surface area (Å²) in [5.74, 6) is -1.44. The standard InChI is InChI=1S/2C5H9NO2.Cu.2H2O/c2*7-5(8)4-2-1-3-6-4;;;/h2*4,6H,1-3H2,(H,7,8);;2*1H2/t2*4-;;;/m00.../s1. The molecule has 0 aromatic rings. The van der Waals surface area contributed by atoms with Gasteiger partial charge in [-0.1, -0.05) is 0 Å². The predicted molar refractivity (Wildman–Crippen MR) is 64.5 cm³/mol. The SMILES string of the molecule is O.O.O=C(O)[C@@H]1CCCN1.O=C(O)[C@@H]1CCCN1.[Cu]. The Labute approximate surface area is 122 Å². The van der Waals surface area contributed by atoms with Gasteiger partial charge < -0.3 is 31.8 Å². The van der Waals surface area contributed by atoms with Gasteiger partial charge in [-0.3, -0.25) is 9.59 Å². The van der Waals surface area contributed by atoms with Crippen molar-refractivity contribution in [3.05, 3.63) is 0 Å². The van der Waals surface area contributed by atoms with Crippen molar-refractivity contribution < 1.29 is 47.8 Å².